The Morgan fingerprint density at radius 3 is 2.92 bits per heavy atom. The highest BCUT2D eigenvalue weighted by Gasteiger charge is 2.31. The van der Waals surface area contributed by atoms with Gasteiger partial charge in [-0.2, -0.15) is 5.10 Å². The molecule has 5 nitrogen and oxygen atoms in total. The fourth-order valence-electron chi connectivity index (χ4n) is 3.25. The van der Waals surface area contributed by atoms with Crippen LogP contribution in [0.2, 0.25) is 0 Å². The average Bonchev–Trinajstić information content (AvgIpc) is 3.10. The Morgan fingerprint density at radius 2 is 2.16 bits per heavy atom. The highest BCUT2D eigenvalue weighted by molar-refractivity contribution is 5.92. The number of carbonyl (C=O) groups is 1. The minimum atomic E-state index is -0.303. The molecule has 0 spiro atoms. The SMILES string of the molecule is CCCCn1nc(C(=O)N2CCCC2c2cccc(F)c2)ccc1=O. The largest absolute Gasteiger partial charge is 0.330 e. The van der Waals surface area contributed by atoms with Gasteiger partial charge in [-0.3, -0.25) is 9.59 Å². The molecule has 0 aliphatic carbocycles. The van der Waals surface area contributed by atoms with E-state index in [4.69, 9.17) is 0 Å². The van der Waals surface area contributed by atoms with Crippen LogP contribution in [0.25, 0.3) is 0 Å². The summed E-state index contributed by atoms with van der Waals surface area (Å²) in [4.78, 5) is 26.5. The minimum Gasteiger partial charge on any atom is -0.330 e. The lowest BCUT2D eigenvalue weighted by Crippen LogP contribution is -2.33. The maximum Gasteiger partial charge on any atom is 0.274 e. The second-order valence-corrected chi connectivity index (χ2v) is 6.35. The Kier molecular flexibility index (Phi) is 5.26. The van der Waals surface area contributed by atoms with Crippen LogP contribution >= 0.6 is 0 Å². The molecule has 0 N–H and O–H groups in total. The molecular weight excluding hydrogens is 321 g/mol. The van der Waals surface area contributed by atoms with E-state index in [2.05, 4.69) is 5.10 Å². The van der Waals surface area contributed by atoms with E-state index < -0.39 is 0 Å². The van der Waals surface area contributed by atoms with Gasteiger partial charge in [0.1, 0.15) is 11.5 Å². The van der Waals surface area contributed by atoms with Crippen LogP contribution in [0.15, 0.2) is 41.2 Å². The lowest BCUT2D eigenvalue weighted by Gasteiger charge is -2.25. The molecule has 25 heavy (non-hydrogen) atoms. The van der Waals surface area contributed by atoms with Crippen molar-refractivity contribution in [1.29, 1.82) is 0 Å². The number of hydrogen-bond donors (Lipinski definition) is 0. The van der Waals surface area contributed by atoms with Crippen molar-refractivity contribution in [2.75, 3.05) is 6.54 Å². The molecule has 3 rings (SSSR count). The van der Waals surface area contributed by atoms with E-state index >= 15 is 0 Å². The zero-order valence-electron chi connectivity index (χ0n) is 14.3. The Labute approximate surface area is 146 Å². The molecule has 1 amide bonds. The summed E-state index contributed by atoms with van der Waals surface area (Å²) in [7, 11) is 0. The van der Waals surface area contributed by atoms with Gasteiger partial charge in [-0.25, -0.2) is 9.07 Å². The van der Waals surface area contributed by atoms with Gasteiger partial charge in [-0.05, 0) is 43.0 Å². The number of halogens is 1. The van der Waals surface area contributed by atoms with E-state index in [1.165, 1.54) is 28.9 Å². The first-order valence-corrected chi connectivity index (χ1v) is 8.74. The number of rotatable bonds is 5. The number of amides is 1. The first-order chi connectivity index (χ1) is 12.1. The zero-order chi connectivity index (χ0) is 17.8. The minimum absolute atomic E-state index is 0.152. The van der Waals surface area contributed by atoms with Gasteiger partial charge in [-0.15, -0.1) is 0 Å². The van der Waals surface area contributed by atoms with Crippen LogP contribution in [0.3, 0.4) is 0 Å². The molecule has 2 heterocycles. The van der Waals surface area contributed by atoms with Crippen molar-refractivity contribution >= 4 is 5.91 Å². The molecular formula is C19H22FN3O2. The van der Waals surface area contributed by atoms with Crippen molar-refractivity contribution in [3.05, 3.63) is 63.8 Å². The molecule has 0 saturated carbocycles. The molecule has 1 aliphatic heterocycles. The molecule has 1 aromatic carbocycles. The van der Waals surface area contributed by atoms with Gasteiger partial charge < -0.3 is 4.90 Å². The predicted octanol–water partition coefficient (Wildman–Crippen LogP) is 3.16. The molecule has 1 saturated heterocycles. The Bertz CT molecular complexity index is 818. The van der Waals surface area contributed by atoms with Gasteiger partial charge in [0.15, 0.2) is 0 Å². The van der Waals surface area contributed by atoms with E-state index in [9.17, 15) is 14.0 Å². The van der Waals surface area contributed by atoms with E-state index in [-0.39, 0.29) is 29.0 Å². The Hall–Kier alpha value is -2.50. The monoisotopic (exact) mass is 343 g/mol. The van der Waals surface area contributed by atoms with Gasteiger partial charge in [0.2, 0.25) is 0 Å². The number of aryl methyl sites for hydroxylation is 1. The third kappa shape index (κ3) is 3.78. The number of carbonyl (C=O) groups excluding carboxylic acids is 1. The second-order valence-electron chi connectivity index (χ2n) is 6.35. The van der Waals surface area contributed by atoms with E-state index in [0.717, 1.165) is 31.2 Å². The fourth-order valence-corrected chi connectivity index (χ4v) is 3.25. The van der Waals surface area contributed by atoms with Crippen LogP contribution < -0.4 is 5.56 Å². The summed E-state index contributed by atoms with van der Waals surface area (Å²) in [6, 6.07) is 9.10. The van der Waals surface area contributed by atoms with Crippen molar-refractivity contribution in [2.24, 2.45) is 0 Å². The number of hydrogen-bond acceptors (Lipinski definition) is 3. The van der Waals surface area contributed by atoms with Crippen LogP contribution in [0.5, 0.6) is 0 Å². The third-order valence-corrected chi connectivity index (χ3v) is 4.56. The summed E-state index contributed by atoms with van der Waals surface area (Å²) in [5.41, 5.74) is 0.859. The zero-order valence-corrected chi connectivity index (χ0v) is 14.3. The van der Waals surface area contributed by atoms with Gasteiger partial charge in [-0.1, -0.05) is 25.5 Å². The number of aromatic nitrogens is 2. The van der Waals surface area contributed by atoms with Crippen LogP contribution in [-0.4, -0.2) is 27.1 Å². The lowest BCUT2D eigenvalue weighted by molar-refractivity contribution is 0.0726. The highest BCUT2D eigenvalue weighted by Crippen LogP contribution is 2.33. The van der Waals surface area contributed by atoms with Crippen LogP contribution in [-0.2, 0) is 6.54 Å². The Morgan fingerprint density at radius 1 is 1.32 bits per heavy atom. The summed E-state index contributed by atoms with van der Waals surface area (Å²) in [5, 5.41) is 4.24. The summed E-state index contributed by atoms with van der Waals surface area (Å²) in [5.74, 6) is -0.514. The average molecular weight is 343 g/mol. The molecule has 132 valence electrons. The van der Waals surface area contributed by atoms with Crippen molar-refractivity contribution in [3.8, 4) is 0 Å². The third-order valence-electron chi connectivity index (χ3n) is 4.56. The lowest BCUT2D eigenvalue weighted by atomic mass is 10.0. The van der Waals surface area contributed by atoms with Gasteiger partial charge >= 0.3 is 0 Å². The molecule has 0 bridgehead atoms. The van der Waals surface area contributed by atoms with Crippen molar-refractivity contribution < 1.29 is 9.18 Å². The van der Waals surface area contributed by atoms with Crippen molar-refractivity contribution in [2.45, 2.75) is 45.2 Å². The van der Waals surface area contributed by atoms with Gasteiger partial charge in [0.25, 0.3) is 11.5 Å². The highest BCUT2D eigenvalue weighted by atomic mass is 19.1. The maximum atomic E-state index is 13.5. The molecule has 2 aromatic rings. The smallest absolute Gasteiger partial charge is 0.274 e. The topological polar surface area (TPSA) is 55.2 Å². The standard InChI is InChI=1S/C19H22FN3O2/c1-2-3-12-23-18(24)10-9-16(21-23)19(25)22-11-5-8-17(22)14-6-4-7-15(20)13-14/h4,6-7,9-10,13,17H,2-3,5,8,11-12H2,1H3. The molecule has 0 radical (unpaired) electrons. The molecule has 1 atom stereocenters. The summed E-state index contributed by atoms with van der Waals surface area (Å²) < 4.78 is 14.9. The molecule has 1 aromatic heterocycles. The first kappa shape index (κ1) is 17.3. The summed E-state index contributed by atoms with van der Waals surface area (Å²) >= 11 is 0. The van der Waals surface area contributed by atoms with Gasteiger partial charge in [0.05, 0.1) is 6.04 Å². The summed E-state index contributed by atoms with van der Waals surface area (Å²) in [6.45, 7) is 3.15. The van der Waals surface area contributed by atoms with Crippen LogP contribution in [0, 0.1) is 5.82 Å². The number of likely N-dealkylation sites (tertiary alicyclic amines) is 1. The predicted molar refractivity (Wildman–Crippen MR) is 92.8 cm³/mol. The van der Waals surface area contributed by atoms with E-state index in [1.807, 2.05) is 13.0 Å². The first-order valence-electron chi connectivity index (χ1n) is 8.74. The second kappa shape index (κ2) is 7.59. The molecule has 1 aliphatic rings. The molecule has 1 unspecified atom stereocenters. The van der Waals surface area contributed by atoms with Crippen LogP contribution in [0.1, 0.15) is 54.7 Å². The van der Waals surface area contributed by atoms with Gasteiger partial charge in [0, 0.05) is 19.2 Å². The normalized spacial score (nSPS) is 17.0. The molecule has 1 fully saturated rings. The fraction of sp³-hybridized carbons (Fsp3) is 0.421. The van der Waals surface area contributed by atoms with Crippen molar-refractivity contribution in [1.82, 2.24) is 14.7 Å². The van der Waals surface area contributed by atoms with E-state index in [1.54, 1.807) is 11.0 Å². The van der Waals surface area contributed by atoms with Crippen LogP contribution in [0.4, 0.5) is 4.39 Å². The molecule has 6 heteroatoms. The quantitative estimate of drug-likeness (QED) is 0.838. The van der Waals surface area contributed by atoms with Crippen molar-refractivity contribution in [3.63, 3.8) is 0 Å². The Balaban J connectivity index is 1.85. The van der Waals surface area contributed by atoms with E-state index in [0.29, 0.717) is 13.1 Å². The number of unbranched alkanes of at least 4 members (excludes halogenated alkanes) is 1. The summed E-state index contributed by atoms with van der Waals surface area (Å²) in [6.07, 6.45) is 3.44. The number of benzene rings is 1. The number of nitrogens with zero attached hydrogens (tertiary/aromatic N) is 3. The maximum absolute atomic E-state index is 13.5.